The summed E-state index contributed by atoms with van der Waals surface area (Å²) in [4.78, 5) is 25.5. The zero-order chi connectivity index (χ0) is 16.4. The van der Waals surface area contributed by atoms with Gasteiger partial charge in [-0.15, -0.1) is 0 Å². The summed E-state index contributed by atoms with van der Waals surface area (Å²) in [6.07, 6.45) is 4.21. The van der Waals surface area contributed by atoms with Crippen molar-refractivity contribution < 1.29 is 14.3 Å². The average Bonchev–Trinajstić information content (AvgIpc) is 2.83. The SMILES string of the molecule is Cc1ccc(C(=O)NCCC2OC3=C(C=CC(=O)C3)N2C)cc1. The molecule has 1 aromatic carbocycles. The van der Waals surface area contributed by atoms with Gasteiger partial charge in [-0.1, -0.05) is 17.7 Å². The highest BCUT2D eigenvalue weighted by molar-refractivity contribution is 5.94. The van der Waals surface area contributed by atoms with Gasteiger partial charge in [0.2, 0.25) is 0 Å². The van der Waals surface area contributed by atoms with Crippen LogP contribution in [-0.2, 0) is 9.53 Å². The number of rotatable bonds is 4. The number of ketones is 1. The summed E-state index contributed by atoms with van der Waals surface area (Å²) in [5, 5.41) is 2.91. The standard InChI is InChI=1S/C18H20N2O3/c1-12-3-5-13(6-4-12)18(22)19-10-9-17-20(2)15-8-7-14(21)11-16(15)23-17/h3-8,17H,9-11H2,1-2H3,(H,19,22). The summed E-state index contributed by atoms with van der Waals surface area (Å²) in [5.41, 5.74) is 2.74. The third-order valence-electron chi connectivity index (χ3n) is 4.13. The van der Waals surface area contributed by atoms with Crippen molar-refractivity contribution in [2.75, 3.05) is 13.6 Å². The summed E-state index contributed by atoms with van der Waals surface area (Å²) in [6, 6.07) is 7.48. The fourth-order valence-electron chi connectivity index (χ4n) is 2.76. The van der Waals surface area contributed by atoms with Crippen molar-refractivity contribution in [1.29, 1.82) is 0 Å². The molecule has 1 atom stereocenters. The van der Waals surface area contributed by atoms with Crippen molar-refractivity contribution in [2.24, 2.45) is 0 Å². The largest absolute Gasteiger partial charge is 0.472 e. The molecule has 120 valence electrons. The van der Waals surface area contributed by atoms with Gasteiger partial charge in [0, 0.05) is 25.6 Å². The molecule has 0 spiro atoms. The molecule has 0 radical (unpaired) electrons. The highest BCUT2D eigenvalue weighted by Gasteiger charge is 2.31. The second-order valence-corrected chi connectivity index (χ2v) is 5.88. The molecule has 1 aliphatic carbocycles. The minimum absolute atomic E-state index is 0.0606. The normalized spacial score (nSPS) is 19.7. The molecule has 1 aromatic rings. The Kier molecular flexibility index (Phi) is 4.19. The number of hydrogen-bond acceptors (Lipinski definition) is 4. The first-order chi connectivity index (χ1) is 11.0. The van der Waals surface area contributed by atoms with E-state index in [2.05, 4.69) is 5.32 Å². The van der Waals surface area contributed by atoms with Crippen LogP contribution in [0.3, 0.4) is 0 Å². The molecule has 1 unspecified atom stereocenters. The zero-order valence-corrected chi connectivity index (χ0v) is 13.3. The Hall–Kier alpha value is -2.56. The summed E-state index contributed by atoms with van der Waals surface area (Å²) in [6.45, 7) is 2.50. The van der Waals surface area contributed by atoms with Crippen LogP contribution in [0.25, 0.3) is 0 Å². The van der Waals surface area contributed by atoms with E-state index < -0.39 is 0 Å². The van der Waals surface area contributed by atoms with E-state index in [1.165, 1.54) is 0 Å². The van der Waals surface area contributed by atoms with Crippen LogP contribution in [0.5, 0.6) is 0 Å². The van der Waals surface area contributed by atoms with Crippen LogP contribution in [0.2, 0.25) is 0 Å². The van der Waals surface area contributed by atoms with Gasteiger partial charge in [0.15, 0.2) is 12.0 Å². The molecule has 5 heteroatoms. The van der Waals surface area contributed by atoms with E-state index in [0.717, 1.165) is 17.0 Å². The molecule has 0 saturated carbocycles. The molecule has 2 aliphatic rings. The molecule has 1 heterocycles. The molecule has 3 rings (SSSR count). The van der Waals surface area contributed by atoms with Crippen molar-refractivity contribution in [2.45, 2.75) is 26.0 Å². The van der Waals surface area contributed by atoms with Gasteiger partial charge in [-0.05, 0) is 31.2 Å². The quantitative estimate of drug-likeness (QED) is 0.925. The fourth-order valence-corrected chi connectivity index (χ4v) is 2.76. The maximum absolute atomic E-state index is 12.1. The van der Waals surface area contributed by atoms with Crippen molar-refractivity contribution >= 4 is 11.7 Å². The number of likely N-dealkylation sites (N-methyl/N-ethyl adjacent to an activating group) is 1. The Bertz CT molecular complexity index is 689. The summed E-state index contributed by atoms with van der Waals surface area (Å²) in [5.74, 6) is 0.707. The van der Waals surface area contributed by atoms with Crippen LogP contribution >= 0.6 is 0 Å². The second-order valence-electron chi connectivity index (χ2n) is 5.88. The lowest BCUT2D eigenvalue weighted by atomic mass is 10.1. The van der Waals surface area contributed by atoms with Gasteiger partial charge in [-0.3, -0.25) is 9.59 Å². The van der Waals surface area contributed by atoms with E-state index in [-0.39, 0.29) is 17.9 Å². The molecule has 1 amide bonds. The molecule has 0 bridgehead atoms. The van der Waals surface area contributed by atoms with E-state index in [1.54, 1.807) is 12.2 Å². The van der Waals surface area contributed by atoms with Gasteiger partial charge in [-0.25, -0.2) is 0 Å². The zero-order valence-electron chi connectivity index (χ0n) is 13.3. The Morgan fingerprint density at radius 3 is 2.78 bits per heavy atom. The number of ether oxygens (including phenoxy) is 1. The first-order valence-electron chi connectivity index (χ1n) is 7.73. The lowest BCUT2D eigenvalue weighted by molar-refractivity contribution is -0.114. The Morgan fingerprint density at radius 2 is 2.04 bits per heavy atom. The minimum atomic E-state index is -0.145. The lowest BCUT2D eigenvalue weighted by Crippen LogP contribution is -2.32. The molecular weight excluding hydrogens is 292 g/mol. The summed E-state index contributed by atoms with van der Waals surface area (Å²) >= 11 is 0. The number of benzene rings is 1. The lowest BCUT2D eigenvalue weighted by Gasteiger charge is -2.22. The van der Waals surface area contributed by atoms with E-state index in [9.17, 15) is 9.59 Å². The van der Waals surface area contributed by atoms with E-state index in [4.69, 9.17) is 4.74 Å². The van der Waals surface area contributed by atoms with Gasteiger partial charge < -0.3 is 15.0 Å². The highest BCUT2D eigenvalue weighted by Crippen LogP contribution is 2.31. The van der Waals surface area contributed by atoms with Gasteiger partial charge in [-0.2, -0.15) is 0 Å². The maximum atomic E-state index is 12.1. The van der Waals surface area contributed by atoms with Gasteiger partial charge in [0.1, 0.15) is 5.76 Å². The second kappa shape index (κ2) is 6.28. The first kappa shape index (κ1) is 15.3. The molecule has 0 aromatic heterocycles. The molecule has 23 heavy (non-hydrogen) atoms. The average molecular weight is 312 g/mol. The van der Waals surface area contributed by atoms with E-state index >= 15 is 0 Å². The topological polar surface area (TPSA) is 58.6 Å². The Morgan fingerprint density at radius 1 is 1.30 bits per heavy atom. The van der Waals surface area contributed by atoms with Crippen LogP contribution in [0.4, 0.5) is 0 Å². The van der Waals surface area contributed by atoms with E-state index in [0.29, 0.717) is 24.9 Å². The van der Waals surface area contributed by atoms with Crippen LogP contribution in [0.1, 0.15) is 28.8 Å². The van der Waals surface area contributed by atoms with Crippen LogP contribution in [0.15, 0.2) is 47.9 Å². The first-order valence-corrected chi connectivity index (χ1v) is 7.73. The van der Waals surface area contributed by atoms with Crippen LogP contribution < -0.4 is 5.32 Å². The number of carbonyl (C=O) groups excluding carboxylic acids is 2. The smallest absolute Gasteiger partial charge is 0.251 e. The van der Waals surface area contributed by atoms with Crippen molar-refractivity contribution in [3.8, 4) is 0 Å². The number of allylic oxidation sites excluding steroid dienone is 3. The summed E-state index contributed by atoms with van der Waals surface area (Å²) < 4.78 is 5.83. The molecule has 1 aliphatic heterocycles. The number of nitrogens with one attached hydrogen (secondary N) is 1. The molecule has 0 saturated heterocycles. The minimum Gasteiger partial charge on any atom is -0.472 e. The molecule has 0 fully saturated rings. The van der Waals surface area contributed by atoms with Crippen molar-refractivity contribution in [1.82, 2.24) is 10.2 Å². The van der Waals surface area contributed by atoms with Gasteiger partial charge in [0.25, 0.3) is 5.91 Å². The molecule has 5 nitrogen and oxygen atoms in total. The number of amides is 1. The predicted octanol–water partition coefficient (Wildman–Crippen LogP) is 2.14. The van der Waals surface area contributed by atoms with Crippen LogP contribution in [0, 0.1) is 6.92 Å². The third kappa shape index (κ3) is 3.28. The monoisotopic (exact) mass is 312 g/mol. The van der Waals surface area contributed by atoms with Crippen LogP contribution in [-0.4, -0.2) is 36.4 Å². The Balaban J connectivity index is 1.50. The number of hydrogen-bond donors (Lipinski definition) is 1. The number of nitrogens with zero attached hydrogens (tertiary/aromatic N) is 1. The number of carbonyl (C=O) groups is 2. The highest BCUT2D eigenvalue weighted by atomic mass is 16.5. The predicted molar refractivity (Wildman–Crippen MR) is 86.6 cm³/mol. The number of aryl methyl sites for hydroxylation is 1. The molecule has 1 N–H and O–H groups in total. The van der Waals surface area contributed by atoms with Gasteiger partial charge in [0.05, 0.1) is 12.1 Å². The van der Waals surface area contributed by atoms with E-state index in [1.807, 2.05) is 43.1 Å². The maximum Gasteiger partial charge on any atom is 0.251 e. The molecular formula is C18H20N2O3. The third-order valence-corrected chi connectivity index (χ3v) is 4.13. The van der Waals surface area contributed by atoms with Crippen molar-refractivity contribution in [3.63, 3.8) is 0 Å². The fraction of sp³-hybridized carbons (Fsp3) is 0.333. The van der Waals surface area contributed by atoms with Crippen molar-refractivity contribution in [3.05, 3.63) is 59.0 Å². The summed E-state index contributed by atoms with van der Waals surface area (Å²) in [7, 11) is 1.94. The van der Waals surface area contributed by atoms with Gasteiger partial charge >= 0.3 is 0 Å². The Labute approximate surface area is 135 Å².